The van der Waals surface area contributed by atoms with Gasteiger partial charge in [0.1, 0.15) is 11.6 Å². The van der Waals surface area contributed by atoms with E-state index in [0.717, 1.165) is 23.4 Å². The fourth-order valence-electron chi connectivity index (χ4n) is 3.48. The molecule has 0 unspecified atom stereocenters. The molecule has 0 radical (unpaired) electrons. The average Bonchev–Trinajstić information content (AvgIpc) is 2.88. The highest BCUT2D eigenvalue weighted by Gasteiger charge is 2.29. The summed E-state index contributed by atoms with van der Waals surface area (Å²) in [7, 11) is 0. The highest BCUT2D eigenvalue weighted by atomic mass is 32.2. The van der Waals surface area contributed by atoms with E-state index in [-0.39, 0.29) is 24.4 Å². The first kappa shape index (κ1) is 20.2. The van der Waals surface area contributed by atoms with Crippen LogP contribution in [0.1, 0.15) is 29.3 Å². The topological polar surface area (TPSA) is 62.3 Å². The number of hydrogen-bond donors (Lipinski definition) is 1. The molecule has 1 N–H and O–H groups in total. The Morgan fingerprint density at radius 3 is 2.67 bits per heavy atom. The van der Waals surface area contributed by atoms with Gasteiger partial charge in [0.2, 0.25) is 5.91 Å². The molecule has 2 heterocycles. The molecular formula is C24H23N3O2S. The number of rotatable bonds is 6. The van der Waals surface area contributed by atoms with Gasteiger partial charge in [0.15, 0.2) is 0 Å². The molecule has 0 bridgehead atoms. The second-order valence-corrected chi connectivity index (χ2v) is 8.34. The van der Waals surface area contributed by atoms with Crippen LogP contribution in [0, 0.1) is 0 Å². The minimum Gasteiger partial charge on any atom is -0.352 e. The number of fused-ring (bicyclic) bond motifs is 2. The molecule has 1 aliphatic heterocycles. The lowest BCUT2D eigenvalue weighted by Crippen LogP contribution is -2.43. The number of para-hydroxylation sites is 1. The van der Waals surface area contributed by atoms with Crippen LogP contribution in [0.15, 0.2) is 82.8 Å². The summed E-state index contributed by atoms with van der Waals surface area (Å²) in [5, 5.41) is 3.70. The molecule has 6 heteroatoms. The fraction of sp³-hybridized carbons (Fsp3) is 0.208. The monoisotopic (exact) mass is 417 g/mol. The quantitative estimate of drug-likeness (QED) is 0.648. The second-order valence-electron chi connectivity index (χ2n) is 7.31. The van der Waals surface area contributed by atoms with Crippen molar-refractivity contribution in [2.75, 3.05) is 11.4 Å². The summed E-state index contributed by atoms with van der Waals surface area (Å²) in [6.45, 7) is 1.97. The number of hydrogen-bond acceptors (Lipinski definition) is 4. The van der Waals surface area contributed by atoms with Crippen molar-refractivity contribution in [3.63, 3.8) is 0 Å². The van der Waals surface area contributed by atoms with Gasteiger partial charge in [0.25, 0.3) is 5.91 Å². The number of nitrogens with one attached hydrogen (secondary N) is 1. The van der Waals surface area contributed by atoms with E-state index in [1.807, 2.05) is 49.4 Å². The van der Waals surface area contributed by atoms with E-state index in [2.05, 4.69) is 22.4 Å². The van der Waals surface area contributed by atoms with E-state index < -0.39 is 0 Å². The first-order valence-corrected chi connectivity index (χ1v) is 10.8. The van der Waals surface area contributed by atoms with Crippen LogP contribution in [0.5, 0.6) is 0 Å². The Bertz CT molecular complexity index is 1060. The van der Waals surface area contributed by atoms with Gasteiger partial charge in [-0.25, -0.2) is 4.98 Å². The SMILES string of the molecule is C[C@H](CCc1ccccc1)NC(=O)CN1C(=O)c2cccnc2Sc2ccccc21. The maximum Gasteiger partial charge on any atom is 0.261 e. The maximum atomic E-state index is 13.2. The van der Waals surface area contributed by atoms with Gasteiger partial charge in [-0.1, -0.05) is 54.2 Å². The molecule has 0 saturated carbocycles. The Kier molecular flexibility index (Phi) is 6.14. The zero-order valence-electron chi connectivity index (χ0n) is 16.7. The fourth-order valence-corrected chi connectivity index (χ4v) is 4.50. The Hall–Kier alpha value is -3.12. The van der Waals surface area contributed by atoms with Gasteiger partial charge < -0.3 is 5.32 Å². The molecule has 0 aliphatic carbocycles. The van der Waals surface area contributed by atoms with E-state index in [9.17, 15) is 9.59 Å². The molecule has 0 fully saturated rings. The van der Waals surface area contributed by atoms with Gasteiger partial charge in [0, 0.05) is 17.1 Å². The van der Waals surface area contributed by atoms with Crippen molar-refractivity contribution in [2.24, 2.45) is 0 Å². The molecule has 30 heavy (non-hydrogen) atoms. The number of amides is 2. The van der Waals surface area contributed by atoms with E-state index in [0.29, 0.717) is 10.6 Å². The van der Waals surface area contributed by atoms with Crippen molar-refractivity contribution in [3.05, 3.63) is 84.1 Å². The minimum atomic E-state index is -0.206. The van der Waals surface area contributed by atoms with Crippen LogP contribution in [-0.2, 0) is 11.2 Å². The number of carbonyl (C=O) groups excluding carboxylic acids is 2. The van der Waals surface area contributed by atoms with Crippen molar-refractivity contribution >= 4 is 29.3 Å². The molecule has 5 nitrogen and oxygen atoms in total. The third-order valence-corrected chi connectivity index (χ3v) is 6.11. The summed E-state index contributed by atoms with van der Waals surface area (Å²) >= 11 is 1.45. The van der Waals surface area contributed by atoms with Crippen molar-refractivity contribution in [3.8, 4) is 0 Å². The smallest absolute Gasteiger partial charge is 0.261 e. The molecule has 2 amide bonds. The average molecular weight is 418 g/mol. The number of aryl methyl sites for hydroxylation is 1. The predicted octanol–water partition coefficient (Wildman–Crippen LogP) is 4.33. The van der Waals surface area contributed by atoms with Crippen LogP contribution in [0.3, 0.4) is 0 Å². The third kappa shape index (κ3) is 4.54. The number of benzene rings is 2. The number of aromatic nitrogens is 1. The van der Waals surface area contributed by atoms with Crippen molar-refractivity contribution < 1.29 is 9.59 Å². The van der Waals surface area contributed by atoms with Crippen LogP contribution >= 0.6 is 11.8 Å². The third-order valence-electron chi connectivity index (χ3n) is 5.03. The maximum absolute atomic E-state index is 13.2. The highest BCUT2D eigenvalue weighted by Crippen LogP contribution is 2.39. The Balaban J connectivity index is 1.47. The first-order valence-electron chi connectivity index (χ1n) is 9.99. The molecule has 1 atom stereocenters. The van der Waals surface area contributed by atoms with Crippen molar-refractivity contribution in [1.82, 2.24) is 10.3 Å². The number of nitrogens with zero attached hydrogens (tertiary/aromatic N) is 2. The molecule has 152 valence electrons. The van der Waals surface area contributed by atoms with Crippen LogP contribution in [0.4, 0.5) is 5.69 Å². The molecule has 3 aromatic rings. The van der Waals surface area contributed by atoms with Gasteiger partial charge in [-0.3, -0.25) is 14.5 Å². The zero-order chi connectivity index (χ0) is 20.9. The normalized spacial score (nSPS) is 13.8. The van der Waals surface area contributed by atoms with Crippen LogP contribution in [0.25, 0.3) is 0 Å². The highest BCUT2D eigenvalue weighted by molar-refractivity contribution is 7.99. The van der Waals surface area contributed by atoms with Crippen molar-refractivity contribution in [2.45, 2.75) is 35.7 Å². The zero-order valence-corrected chi connectivity index (χ0v) is 17.6. The molecule has 1 aromatic heterocycles. The molecule has 4 rings (SSSR count). The van der Waals surface area contributed by atoms with Gasteiger partial charge in [-0.05, 0) is 49.6 Å². The second kappa shape index (κ2) is 9.13. The van der Waals surface area contributed by atoms with Crippen molar-refractivity contribution in [1.29, 1.82) is 0 Å². The molecular weight excluding hydrogens is 394 g/mol. The van der Waals surface area contributed by atoms with E-state index in [1.54, 1.807) is 23.2 Å². The number of anilines is 1. The number of pyridine rings is 1. The molecule has 0 spiro atoms. The van der Waals surface area contributed by atoms with Gasteiger partial charge in [-0.2, -0.15) is 0 Å². The summed E-state index contributed by atoms with van der Waals surface area (Å²) in [5.74, 6) is -0.376. The van der Waals surface area contributed by atoms with E-state index in [1.165, 1.54) is 17.3 Å². The molecule has 2 aromatic carbocycles. The van der Waals surface area contributed by atoms with Gasteiger partial charge >= 0.3 is 0 Å². The standard InChI is InChI=1S/C24H23N3O2S/c1-17(13-14-18-8-3-2-4-9-18)26-22(28)16-27-20-11-5-6-12-21(20)30-23-19(24(27)29)10-7-15-25-23/h2-12,15,17H,13-14,16H2,1H3,(H,26,28)/t17-/m1/s1. The summed E-state index contributed by atoms with van der Waals surface area (Å²) in [6, 6.07) is 21.4. The largest absolute Gasteiger partial charge is 0.352 e. The summed E-state index contributed by atoms with van der Waals surface area (Å²) in [4.78, 5) is 32.8. The van der Waals surface area contributed by atoms with Crippen LogP contribution in [0.2, 0.25) is 0 Å². The minimum absolute atomic E-state index is 0.0124. The first-order chi connectivity index (χ1) is 14.6. The van der Waals surface area contributed by atoms with Gasteiger partial charge in [0.05, 0.1) is 11.3 Å². The number of carbonyl (C=O) groups is 2. The lowest BCUT2D eigenvalue weighted by molar-refractivity contribution is -0.120. The van der Waals surface area contributed by atoms with Crippen LogP contribution in [-0.4, -0.2) is 29.4 Å². The summed E-state index contributed by atoms with van der Waals surface area (Å²) < 4.78 is 0. The lowest BCUT2D eigenvalue weighted by atomic mass is 10.1. The van der Waals surface area contributed by atoms with Gasteiger partial charge in [-0.15, -0.1) is 0 Å². The Labute approximate surface area is 180 Å². The molecule has 0 saturated heterocycles. The summed E-state index contributed by atoms with van der Waals surface area (Å²) in [6.07, 6.45) is 3.41. The summed E-state index contributed by atoms with van der Waals surface area (Å²) in [5.41, 5.74) is 2.50. The molecule has 1 aliphatic rings. The van der Waals surface area contributed by atoms with E-state index >= 15 is 0 Å². The van der Waals surface area contributed by atoms with Crippen LogP contribution < -0.4 is 10.2 Å². The lowest BCUT2D eigenvalue weighted by Gasteiger charge is -2.23. The van der Waals surface area contributed by atoms with E-state index in [4.69, 9.17) is 0 Å². The Morgan fingerprint density at radius 2 is 1.83 bits per heavy atom. The predicted molar refractivity (Wildman–Crippen MR) is 119 cm³/mol. The Morgan fingerprint density at radius 1 is 1.07 bits per heavy atom.